The van der Waals surface area contributed by atoms with Crippen LogP contribution in [0.15, 0.2) is 200 Å². The molecule has 1 unspecified atom stereocenters. The largest absolute Gasteiger partial charge is 0.310 e. The van der Waals surface area contributed by atoms with Crippen LogP contribution in [-0.2, 0) is 10.8 Å². The van der Waals surface area contributed by atoms with E-state index in [-0.39, 0.29) is 5.41 Å². The number of benzene rings is 9. The first kappa shape index (κ1) is 33.9. The first-order chi connectivity index (χ1) is 29.5. The number of para-hydroxylation sites is 1. The lowest BCUT2D eigenvalue weighted by Crippen LogP contribution is -2.26. The molecule has 0 saturated carbocycles. The minimum atomic E-state index is -0.489. The van der Waals surface area contributed by atoms with Gasteiger partial charge in [-0.25, -0.2) is 0 Å². The molecule has 0 bridgehead atoms. The molecule has 10 aromatic rings. The van der Waals surface area contributed by atoms with E-state index in [9.17, 15) is 0 Å². The van der Waals surface area contributed by atoms with Crippen LogP contribution in [0.2, 0.25) is 0 Å². The van der Waals surface area contributed by atoms with Crippen LogP contribution in [0.5, 0.6) is 0 Å². The van der Waals surface area contributed by atoms with Crippen molar-refractivity contribution < 1.29 is 0 Å². The molecule has 0 amide bonds. The van der Waals surface area contributed by atoms with Gasteiger partial charge >= 0.3 is 0 Å². The van der Waals surface area contributed by atoms with Crippen molar-refractivity contribution >= 4 is 48.6 Å². The Morgan fingerprint density at radius 1 is 0.383 bits per heavy atom. The Morgan fingerprint density at radius 3 is 1.70 bits per heavy atom. The Balaban J connectivity index is 1.11. The highest BCUT2D eigenvalue weighted by atomic mass is 32.1. The predicted molar refractivity (Wildman–Crippen MR) is 253 cm³/mol. The van der Waals surface area contributed by atoms with Crippen molar-refractivity contribution in [2.45, 2.75) is 24.7 Å². The van der Waals surface area contributed by atoms with Crippen LogP contribution in [0.25, 0.3) is 64.7 Å². The third kappa shape index (κ3) is 4.36. The average Bonchev–Trinajstić information content (AvgIpc) is 3.99. The molecular weight excluding hydrogens is 743 g/mol. The van der Waals surface area contributed by atoms with Crippen LogP contribution in [0, 0.1) is 0 Å². The Labute approximate surface area is 354 Å². The number of nitrogens with zero attached hydrogens (tertiary/aromatic N) is 1. The van der Waals surface area contributed by atoms with Crippen molar-refractivity contribution in [1.82, 2.24) is 0 Å². The monoisotopic (exact) mass is 781 g/mol. The van der Waals surface area contributed by atoms with Gasteiger partial charge in [-0.1, -0.05) is 172 Å². The Morgan fingerprint density at radius 2 is 0.933 bits per heavy atom. The zero-order chi connectivity index (χ0) is 39.7. The summed E-state index contributed by atoms with van der Waals surface area (Å²) in [6.45, 7) is 4.76. The number of hydrogen-bond acceptors (Lipinski definition) is 2. The van der Waals surface area contributed by atoms with E-state index >= 15 is 0 Å². The van der Waals surface area contributed by atoms with Crippen molar-refractivity contribution in [3.05, 3.63) is 234 Å². The van der Waals surface area contributed by atoms with E-state index in [4.69, 9.17) is 0 Å². The SMILES string of the molecule is CC1(C)c2ccccc2-c2ccc(N(c3ccc4c(c3)C3(c5ccccc5-4)c4ccccc4-c4c3ccc3sc5ccccc5c43)c3ccccc3-c3ccccc3)cc21. The number of thiophene rings is 1. The van der Waals surface area contributed by atoms with Crippen LogP contribution in [0.3, 0.4) is 0 Å². The second kappa shape index (κ2) is 12.3. The molecule has 2 heteroatoms. The summed E-state index contributed by atoms with van der Waals surface area (Å²) in [5.74, 6) is 0. The third-order valence-corrected chi connectivity index (χ3v) is 15.0. The second-order valence-corrected chi connectivity index (χ2v) is 18.2. The third-order valence-electron chi connectivity index (χ3n) is 13.9. The van der Waals surface area contributed by atoms with Gasteiger partial charge in [-0.2, -0.15) is 0 Å². The molecule has 1 atom stereocenters. The Bertz CT molecular complexity index is 3420. The molecule has 0 N–H and O–H groups in total. The molecule has 282 valence electrons. The van der Waals surface area contributed by atoms with Gasteiger partial charge in [0.05, 0.1) is 11.1 Å². The fourth-order valence-corrected chi connectivity index (χ4v) is 12.5. The highest BCUT2D eigenvalue weighted by molar-refractivity contribution is 7.26. The summed E-state index contributed by atoms with van der Waals surface area (Å²) in [6, 6.07) is 75.4. The quantitative estimate of drug-likeness (QED) is 0.172. The summed E-state index contributed by atoms with van der Waals surface area (Å²) < 4.78 is 2.68. The zero-order valence-corrected chi connectivity index (χ0v) is 34.2. The molecule has 3 aliphatic carbocycles. The minimum absolute atomic E-state index is 0.134. The van der Waals surface area contributed by atoms with Gasteiger partial charge in [0.2, 0.25) is 0 Å². The van der Waals surface area contributed by atoms with Crippen LogP contribution in [-0.4, -0.2) is 0 Å². The highest BCUT2D eigenvalue weighted by Crippen LogP contribution is 2.65. The van der Waals surface area contributed by atoms with Crippen LogP contribution < -0.4 is 4.90 Å². The number of fused-ring (bicyclic) bond motifs is 17. The molecule has 0 aliphatic heterocycles. The van der Waals surface area contributed by atoms with E-state index in [1.165, 1.54) is 98.1 Å². The molecule has 1 spiro atoms. The molecule has 3 aliphatic rings. The fourth-order valence-electron chi connectivity index (χ4n) is 11.4. The predicted octanol–water partition coefficient (Wildman–Crippen LogP) is 15.8. The molecule has 1 nitrogen and oxygen atoms in total. The first-order valence-electron chi connectivity index (χ1n) is 21.0. The van der Waals surface area contributed by atoms with Gasteiger partial charge in [0.15, 0.2) is 0 Å². The Kier molecular flexibility index (Phi) is 6.94. The lowest BCUT2D eigenvalue weighted by atomic mass is 9.70. The van der Waals surface area contributed by atoms with Crippen LogP contribution in [0.1, 0.15) is 47.2 Å². The molecule has 60 heavy (non-hydrogen) atoms. The van der Waals surface area contributed by atoms with Gasteiger partial charge < -0.3 is 4.90 Å². The molecule has 0 radical (unpaired) electrons. The number of hydrogen-bond donors (Lipinski definition) is 0. The van der Waals surface area contributed by atoms with Crippen molar-refractivity contribution in [3.63, 3.8) is 0 Å². The fraction of sp³-hybridized carbons (Fsp3) is 0.0690. The van der Waals surface area contributed by atoms with Crippen LogP contribution in [0.4, 0.5) is 17.1 Å². The van der Waals surface area contributed by atoms with E-state index in [1.807, 2.05) is 11.3 Å². The zero-order valence-electron chi connectivity index (χ0n) is 33.4. The molecule has 1 heterocycles. The lowest BCUT2D eigenvalue weighted by Gasteiger charge is -2.33. The minimum Gasteiger partial charge on any atom is -0.310 e. The summed E-state index contributed by atoms with van der Waals surface area (Å²) in [7, 11) is 0. The maximum absolute atomic E-state index is 2.53. The molecule has 0 saturated heterocycles. The highest BCUT2D eigenvalue weighted by Gasteiger charge is 2.52. The molecule has 13 rings (SSSR count). The summed E-state index contributed by atoms with van der Waals surface area (Å²) in [6.07, 6.45) is 0. The van der Waals surface area contributed by atoms with Crippen LogP contribution >= 0.6 is 11.3 Å². The topological polar surface area (TPSA) is 3.24 Å². The van der Waals surface area contributed by atoms with Crippen molar-refractivity contribution in [1.29, 1.82) is 0 Å². The van der Waals surface area contributed by atoms with Crippen molar-refractivity contribution in [3.8, 4) is 44.5 Å². The van der Waals surface area contributed by atoms with E-state index in [0.29, 0.717) is 0 Å². The lowest BCUT2D eigenvalue weighted by molar-refractivity contribution is 0.660. The van der Waals surface area contributed by atoms with Gasteiger partial charge in [0.25, 0.3) is 0 Å². The maximum atomic E-state index is 2.53. The summed E-state index contributed by atoms with van der Waals surface area (Å²) in [5, 5.41) is 2.71. The number of anilines is 3. The van der Waals surface area contributed by atoms with E-state index in [1.54, 1.807) is 0 Å². The van der Waals surface area contributed by atoms with E-state index in [0.717, 1.165) is 17.1 Å². The first-order valence-corrected chi connectivity index (χ1v) is 21.8. The molecule has 1 aromatic heterocycles. The smallest absolute Gasteiger partial charge is 0.0726 e. The standard InChI is InChI=1S/C58H39NS/c1-57(2)46-23-11-6-19-40(46)42-30-28-37(34-50(42)57)59(52-26-14-9-18-39(52)36-16-4-3-5-17-36)38-29-31-43-41-20-7-12-24-47(41)58(51(43)35-38)48-25-13-8-21-44(48)55-49(58)32-33-54-56(55)45-22-10-15-27-53(45)60-54/h3-35H,1-2H3. The average molecular weight is 782 g/mol. The van der Waals surface area contributed by atoms with Gasteiger partial charge in [0, 0.05) is 42.5 Å². The summed E-state index contributed by atoms with van der Waals surface area (Å²) in [5.41, 5.74) is 21.4. The normalized spacial score (nSPS) is 16.0. The summed E-state index contributed by atoms with van der Waals surface area (Å²) >= 11 is 1.90. The number of rotatable bonds is 4. The van der Waals surface area contributed by atoms with E-state index < -0.39 is 5.41 Å². The van der Waals surface area contributed by atoms with E-state index in [2.05, 4.69) is 219 Å². The maximum Gasteiger partial charge on any atom is 0.0726 e. The Hall–Kier alpha value is -7.00. The van der Waals surface area contributed by atoms with Crippen molar-refractivity contribution in [2.75, 3.05) is 4.90 Å². The van der Waals surface area contributed by atoms with Gasteiger partial charge in [-0.3, -0.25) is 0 Å². The van der Waals surface area contributed by atoms with Crippen molar-refractivity contribution in [2.24, 2.45) is 0 Å². The van der Waals surface area contributed by atoms with Gasteiger partial charge in [-0.05, 0) is 115 Å². The van der Waals surface area contributed by atoms with Gasteiger partial charge in [0.1, 0.15) is 0 Å². The molecular formula is C58H39NS. The summed E-state index contributed by atoms with van der Waals surface area (Å²) in [4.78, 5) is 2.52. The molecule has 0 fully saturated rings. The second-order valence-electron chi connectivity index (χ2n) is 17.1. The van der Waals surface area contributed by atoms with Gasteiger partial charge in [-0.15, -0.1) is 11.3 Å². The molecule has 9 aromatic carbocycles.